The number of amides is 1. The first-order valence-electron chi connectivity index (χ1n) is 17.8. The summed E-state index contributed by atoms with van der Waals surface area (Å²) >= 11 is 6.63. The van der Waals surface area contributed by atoms with Crippen LogP contribution in [0.4, 0.5) is 40.9 Å². The van der Waals surface area contributed by atoms with Gasteiger partial charge in [0.2, 0.25) is 5.91 Å². The summed E-state index contributed by atoms with van der Waals surface area (Å²) in [6, 6.07) is 7.26. The van der Waals surface area contributed by atoms with Gasteiger partial charge in [0, 0.05) is 29.4 Å². The molecule has 1 aliphatic carbocycles. The van der Waals surface area contributed by atoms with Gasteiger partial charge in [-0.3, -0.25) is 14.9 Å². The fraction of sp³-hybridized carbons (Fsp3) is 0.385. The Hall–Kier alpha value is -4.51. The van der Waals surface area contributed by atoms with Crippen LogP contribution < -0.4 is 15.4 Å². The fourth-order valence-electron chi connectivity index (χ4n) is 5.63. The molecule has 2 heterocycles. The molecule has 1 aliphatic rings. The van der Waals surface area contributed by atoms with Gasteiger partial charge in [-0.05, 0) is 110 Å². The van der Waals surface area contributed by atoms with Crippen LogP contribution in [0.1, 0.15) is 56.6 Å². The van der Waals surface area contributed by atoms with E-state index in [1.165, 1.54) is 42.5 Å². The molecule has 2 aromatic carbocycles. The lowest BCUT2D eigenvalue weighted by Gasteiger charge is -2.24. The Labute approximate surface area is 346 Å². The van der Waals surface area contributed by atoms with Gasteiger partial charge in [-0.15, -0.1) is 0 Å². The highest BCUT2D eigenvalue weighted by molar-refractivity contribution is 8.01. The summed E-state index contributed by atoms with van der Waals surface area (Å²) < 4.78 is 128. The lowest BCUT2D eigenvalue weighted by atomic mass is 9.93. The molecule has 2 atom stereocenters. The summed E-state index contributed by atoms with van der Waals surface area (Å²) in [7, 11) is 0. The Bertz CT molecular complexity index is 2280. The van der Waals surface area contributed by atoms with Crippen molar-refractivity contribution in [3.8, 4) is 23.0 Å². The van der Waals surface area contributed by atoms with Gasteiger partial charge in [-0.2, -0.15) is 5.10 Å². The van der Waals surface area contributed by atoms with E-state index in [4.69, 9.17) is 22.0 Å². The number of nitrogens with zero attached hydrogens (tertiary/aromatic N) is 3. The first-order valence-corrected chi connectivity index (χ1v) is 20.7. The van der Waals surface area contributed by atoms with Crippen molar-refractivity contribution in [1.82, 2.24) is 25.4 Å². The highest BCUT2D eigenvalue weighted by atomic mass is 35.5. The number of carbonyl (C=O) groups is 1. The Balaban J connectivity index is 1.71. The van der Waals surface area contributed by atoms with Gasteiger partial charge < -0.3 is 19.9 Å². The predicted octanol–water partition coefficient (Wildman–Crippen LogP) is 8.84. The maximum absolute atomic E-state index is 14.6. The van der Waals surface area contributed by atoms with E-state index in [1.54, 1.807) is 13.8 Å². The molecular formula is C39H38ClF8N7O2S2. The maximum atomic E-state index is 14.6. The monoisotopic (exact) mass is 887 g/mol. The van der Waals surface area contributed by atoms with Gasteiger partial charge in [0.1, 0.15) is 23.9 Å². The first kappa shape index (κ1) is 45.6. The van der Waals surface area contributed by atoms with Gasteiger partial charge in [0.15, 0.2) is 10.6 Å². The number of hydrogen-bond donors (Lipinski definition) is 4. The third kappa shape index (κ3) is 12.0. The largest absolute Gasteiger partial charge is 0.615 e. The van der Waals surface area contributed by atoms with Crippen LogP contribution in [0, 0.1) is 28.9 Å². The fourth-order valence-corrected chi connectivity index (χ4v) is 6.86. The van der Waals surface area contributed by atoms with Gasteiger partial charge in [0.05, 0.1) is 51.9 Å². The molecule has 316 valence electrons. The molecule has 5 rings (SSSR count). The number of carbonyl (C=O) groups excluding carboxylic acids is 1. The molecule has 2 unspecified atom stereocenters. The van der Waals surface area contributed by atoms with Gasteiger partial charge in [-0.25, -0.2) is 40.1 Å². The number of allylic oxidation sites excluding steroid dienone is 2. The molecule has 0 spiro atoms. The normalized spacial score (nSPS) is 14.6. The average molecular weight is 888 g/mol. The third-order valence-electron chi connectivity index (χ3n) is 8.90. The third-order valence-corrected chi connectivity index (χ3v) is 11.9. The zero-order valence-corrected chi connectivity index (χ0v) is 34.2. The molecule has 2 aromatic heterocycles. The van der Waals surface area contributed by atoms with E-state index in [2.05, 4.69) is 32.3 Å². The Morgan fingerprint density at radius 1 is 1.10 bits per heavy atom. The number of aromatic nitrogens is 3. The molecule has 0 bridgehead atoms. The van der Waals surface area contributed by atoms with E-state index >= 15 is 0 Å². The predicted molar refractivity (Wildman–Crippen MR) is 215 cm³/mol. The van der Waals surface area contributed by atoms with E-state index in [0.29, 0.717) is 13.0 Å². The van der Waals surface area contributed by atoms with Gasteiger partial charge in [0.25, 0.3) is 18.8 Å². The van der Waals surface area contributed by atoms with E-state index in [-0.39, 0.29) is 67.6 Å². The Kier molecular flexibility index (Phi) is 14.5. The van der Waals surface area contributed by atoms with Crippen LogP contribution >= 0.6 is 23.5 Å². The highest BCUT2D eigenvalue weighted by Gasteiger charge is 2.31. The molecule has 0 aliphatic heterocycles. The second-order valence-electron chi connectivity index (χ2n) is 14.2. The lowest BCUT2D eigenvalue weighted by Crippen LogP contribution is -2.40. The summed E-state index contributed by atoms with van der Waals surface area (Å²) in [5.74, 6) is -0.778. The molecular weight excluding hydrogens is 850 g/mol. The van der Waals surface area contributed by atoms with E-state index < -0.39 is 82.8 Å². The number of anilines is 1. The molecule has 9 nitrogen and oxygen atoms in total. The highest BCUT2D eigenvalue weighted by Crippen LogP contribution is 2.42. The van der Waals surface area contributed by atoms with Crippen molar-refractivity contribution in [3.63, 3.8) is 0 Å². The summed E-state index contributed by atoms with van der Waals surface area (Å²) in [6.45, 7) is 1.83. The second-order valence-corrected chi connectivity index (χ2v) is 17.6. The molecule has 4 N–H and O–H groups in total. The smallest absolute Gasteiger partial charge is 0.284 e. The zero-order chi connectivity index (χ0) is 43.4. The number of nitrogens with one attached hydrogen (secondary N) is 4. The van der Waals surface area contributed by atoms with Crippen molar-refractivity contribution in [2.24, 2.45) is 0 Å². The number of benzene rings is 2. The molecule has 4 aromatic rings. The van der Waals surface area contributed by atoms with Gasteiger partial charge >= 0.3 is 0 Å². The average Bonchev–Trinajstić information content (AvgIpc) is 3.90. The minimum Gasteiger partial charge on any atom is -0.615 e. The van der Waals surface area contributed by atoms with Crippen LogP contribution in [-0.4, -0.2) is 72.5 Å². The number of halogens is 9. The van der Waals surface area contributed by atoms with Gasteiger partial charge in [-0.1, -0.05) is 17.7 Å². The van der Waals surface area contributed by atoms with Crippen molar-refractivity contribution < 1.29 is 44.5 Å². The second kappa shape index (κ2) is 18.8. The van der Waals surface area contributed by atoms with Crippen molar-refractivity contribution in [1.29, 1.82) is 5.41 Å². The quantitative estimate of drug-likeness (QED) is 0.0274. The summed E-state index contributed by atoms with van der Waals surface area (Å²) in [5, 5.41) is 17.2. The molecule has 20 heteroatoms. The van der Waals surface area contributed by atoms with E-state index in [0.717, 1.165) is 29.7 Å². The minimum atomic E-state index is -3.79. The number of rotatable bonds is 17. The summed E-state index contributed by atoms with van der Waals surface area (Å²) in [4.78, 5) is 18.3. The van der Waals surface area contributed by atoms with E-state index in [1.807, 2.05) is 0 Å². The number of pyridine rings is 1. The summed E-state index contributed by atoms with van der Waals surface area (Å²) in [6.07, 6.45) is -3.09. The van der Waals surface area contributed by atoms with Crippen LogP contribution in [0.2, 0.25) is 5.02 Å². The van der Waals surface area contributed by atoms with Crippen molar-refractivity contribution >= 4 is 63.1 Å². The lowest BCUT2D eigenvalue weighted by molar-refractivity contribution is -0.121. The zero-order valence-electron chi connectivity index (χ0n) is 31.8. The molecule has 59 heavy (non-hydrogen) atoms. The van der Waals surface area contributed by atoms with Crippen LogP contribution in [0.25, 0.3) is 22.0 Å². The summed E-state index contributed by atoms with van der Waals surface area (Å²) in [5.41, 5.74) is -1.98. The molecule has 0 radical (unpaired) electrons. The SMILES string of the molecule is C[S+]([O-])C(C)(C)C#Cc1ccc(-c2ccc(Cl)c3c(NSC4CC4)nn(CC(F)F)c23)c(C(Cc2cc(F)cc(F)c2)NC(=O)CN/C(=C\C(=N)C(F)F)C(C)(F)F)n1. The Morgan fingerprint density at radius 3 is 2.36 bits per heavy atom. The molecule has 1 saturated carbocycles. The van der Waals surface area contributed by atoms with Crippen LogP contribution in [0.3, 0.4) is 0 Å². The van der Waals surface area contributed by atoms with Crippen LogP contribution in [0.5, 0.6) is 0 Å². The minimum absolute atomic E-state index is 0.00569. The maximum Gasteiger partial charge on any atom is 0.284 e. The number of fused-ring (bicyclic) bond motifs is 1. The number of hydrogen-bond acceptors (Lipinski definition) is 8. The van der Waals surface area contributed by atoms with Crippen molar-refractivity contribution in [2.45, 2.75) is 81.4 Å². The molecule has 1 fully saturated rings. The molecule has 1 amide bonds. The van der Waals surface area contributed by atoms with Crippen LogP contribution in [0.15, 0.2) is 54.2 Å². The van der Waals surface area contributed by atoms with Crippen molar-refractivity contribution in [3.05, 3.63) is 87.8 Å². The standard InChI is InChI=1S/C39H38ClF8N7O2S2/c1-38(2,59(4)57)12-11-23-5-8-25(26-9-10-27(40)33-35(26)55(19-31(43)44)53-37(33)54-58-24-6-7-24)34(51-23)29(15-20-13-21(41)16-22(42)14-20)52-32(56)18-50-30(39(3,47)48)17-28(49)36(45)46/h5,8-10,13-14,16-17,24,29,31,36,49-50H,6-7,15,18-19H2,1-4H3,(H,52,56)(H,53,54)/b30-17-,49-28?. The first-order chi connectivity index (χ1) is 27.6. The van der Waals surface area contributed by atoms with E-state index in [9.17, 15) is 44.5 Å². The van der Waals surface area contributed by atoms with Crippen LogP contribution in [-0.2, 0) is 28.9 Å². The molecule has 0 saturated heterocycles. The number of alkyl halides is 6. The topological polar surface area (TPSA) is 131 Å². The van der Waals surface area contributed by atoms with Crippen molar-refractivity contribution in [2.75, 3.05) is 17.5 Å². The Morgan fingerprint density at radius 2 is 1.76 bits per heavy atom.